The normalized spacial score (nSPS) is 17.5. The zero-order valence-corrected chi connectivity index (χ0v) is 17.1. The number of hydrogen-bond acceptors (Lipinski definition) is 8. The Morgan fingerprint density at radius 3 is 2.90 bits per heavy atom. The van der Waals surface area contributed by atoms with Gasteiger partial charge in [-0.2, -0.15) is 5.21 Å². The smallest absolute Gasteiger partial charge is 0.265 e. The first-order valence-corrected chi connectivity index (χ1v) is 9.89. The van der Waals surface area contributed by atoms with Crippen molar-refractivity contribution in [1.29, 1.82) is 0 Å². The second-order valence-electron chi connectivity index (χ2n) is 7.19. The summed E-state index contributed by atoms with van der Waals surface area (Å²) in [6.45, 7) is 3.59. The maximum absolute atomic E-state index is 12.9. The molecule has 1 atom stereocenters. The number of rotatable bonds is 7. The number of ether oxygens (including phenoxy) is 1. The Bertz CT molecular complexity index is 1100. The van der Waals surface area contributed by atoms with E-state index in [1.807, 2.05) is 13.0 Å². The summed E-state index contributed by atoms with van der Waals surface area (Å²) in [5, 5.41) is 27.3. The number of fused-ring (bicyclic) bond motifs is 1. The van der Waals surface area contributed by atoms with Gasteiger partial charge in [-0.05, 0) is 36.8 Å². The van der Waals surface area contributed by atoms with E-state index in [4.69, 9.17) is 4.74 Å². The minimum atomic E-state index is -0.423. The standard InChI is InChI=1S/C21H22N6O4/c1-3-5-15-17(8-7-14(12(2)28)18(15)29)31-11-13-6-4-9-27-20(13)22-10-16(21(27)30)19-23-25-26-24-19/h4,6-10,20,22,29H,3,5,11H2,1-2H3,(H,23,24,25,26). The van der Waals surface area contributed by atoms with Gasteiger partial charge in [0.15, 0.2) is 5.78 Å². The number of H-pyrrole nitrogens is 1. The largest absolute Gasteiger partial charge is 0.507 e. The number of phenolic OH excluding ortho intramolecular Hbond substituents is 1. The number of carbonyl (C=O) groups excluding carboxylic acids is 2. The molecule has 10 heteroatoms. The number of carbonyl (C=O) groups is 2. The van der Waals surface area contributed by atoms with Crippen molar-refractivity contribution < 1.29 is 19.4 Å². The summed E-state index contributed by atoms with van der Waals surface area (Å²) in [6, 6.07) is 3.27. The van der Waals surface area contributed by atoms with Crippen LogP contribution >= 0.6 is 0 Å². The van der Waals surface area contributed by atoms with E-state index in [1.165, 1.54) is 11.8 Å². The lowest BCUT2D eigenvalue weighted by Crippen LogP contribution is -2.51. The second-order valence-corrected chi connectivity index (χ2v) is 7.19. The van der Waals surface area contributed by atoms with Crippen LogP contribution in [0.1, 0.15) is 42.0 Å². The maximum Gasteiger partial charge on any atom is 0.265 e. The van der Waals surface area contributed by atoms with Crippen molar-refractivity contribution in [3.8, 4) is 11.5 Å². The van der Waals surface area contributed by atoms with E-state index in [0.717, 1.165) is 12.0 Å². The fourth-order valence-electron chi connectivity index (χ4n) is 3.60. The molecular formula is C21H22N6O4. The van der Waals surface area contributed by atoms with Crippen LogP contribution in [0.5, 0.6) is 11.5 Å². The van der Waals surface area contributed by atoms with Crippen LogP contribution in [0.4, 0.5) is 0 Å². The minimum Gasteiger partial charge on any atom is -0.507 e. The monoisotopic (exact) mass is 422 g/mol. The van der Waals surface area contributed by atoms with Gasteiger partial charge in [-0.3, -0.25) is 14.5 Å². The van der Waals surface area contributed by atoms with E-state index in [9.17, 15) is 14.7 Å². The summed E-state index contributed by atoms with van der Waals surface area (Å²) in [5.74, 6) is 0.219. The number of hydrogen-bond donors (Lipinski definition) is 3. The Hall–Kier alpha value is -3.95. The highest BCUT2D eigenvalue weighted by Gasteiger charge is 2.34. The van der Waals surface area contributed by atoms with Gasteiger partial charge in [-0.1, -0.05) is 19.4 Å². The second kappa shape index (κ2) is 8.42. The first-order chi connectivity index (χ1) is 15.0. The summed E-state index contributed by atoms with van der Waals surface area (Å²) >= 11 is 0. The number of benzene rings is 1. The number of Topliss-reactive ketones (excluding diaryl/α,β-unsaturated/α-hetero) is 1. The number of aromatic nitrogens is 4. The summed E-state index contributed by atoms with van der Waals surface area (Å²) in [5.41, 5.74) is 2.00. The maximum atomic E-state index is 12.9. The van der Waals surface area contributed by atoms with E-state index in [-0.39, 0.29) is 35.4 Å². The molecule has 0 saturated carbocycles. The van der Waals surface area contributed by atoms with E-state index in [1.54, 1.807) is 30.6 Å². The Morgan fingerprint density at radius 2 is 2.19 bits per heavy atom. The van der Waals surface area contributed by atoms with Crippen molar-refractivity contribution in [2.75, 3.05) is 6.61 Å². The molecule has 0 saturated heterocycles. The highest BCUT2D eigenvalue weighted by atomic mass is 16.5. The lowest BCUT2D eigenvalue weighted by molar-refractivity contribution is -0.124. The number of aromatic hydroxyl groups is 1. The molecule has 1 amide bonds. The summed E-state index contributed by atoms with van der Waals surface area (Å²) in [7, 11) is 0. The molecule has 160 valence electrons. The van der Waals surface area contributed by atoms with Crippen molar-refractivity contribution in [3.05, 3.63) is 59.2 Å². The van der Waals surface area contributed by atoms with Crippen LogP contribution in [0, 0.1) is 0 Å². The molecule has 3 N–H and O–H groups in total. The topological polar surface area (TPSA) is 133 Å². The molecule has 0 fully saturated rings. The number of phenols is 1. The van der Waals surface area contributed by atoms with Crippen molar-refractivity contribution in [2.45, 2.75) is 32.9 Å². The van der Waals surface area contributed by atoms with Crippen LogP contribution in [-0.4, -0.2) is 55.1 Å². The average molecular weight is 422 g/mol. The lowest BCUT2D eigenvalue weighted by Gasteiger charge is -2.36. The molecule has 1 aromatic heterocycles. The molecule has 0 bridgehead atoms. The molecule has 1 unspecified atom stereocenters. The molecule has 31 heavy (non-hydrogen) atoms. The van der Waals surface area contributed by atoms with E-state index < -0.39 is 6.17 Å². The molecule has 0 spiro atoms. The lowest BCUT2D eigenvalue weighted by atomic mass is 10.0. The number of nitrogens with one attached hydrogen (secondary N) is 2. The highest BCUT2D eigenvalue weighted by Crippen LogP contribution is 2.34. The third kappa shape index (κ3) is 3.79. The number of aromatic amines is 1. The van der Waals surface area contributed by atoms with Crippen molar-refractivity contribution in [2.24, 2.45) is 0 Å². The third-order valence-electron chi connectivity index (χ3n) is 5.14. The molecule has 3 heterocycles. The predicted octanol–water partition coefficient (Wildman–Crippen LogP) is 1.69. The van der Waals surface area contributed by atoms with Crippen molar-refractivity contribution >= 4 is 17.3 Å². The molecule has 1 aromatic carbocycles. The summed E-state index contributed by atoms with van der Waals surface area (Å²) in [4.78, 5) is 26.2. The van der Waals surface area contributed by atoms with Gasteiger partial charge in [0.05, 0.1) is 5.56 Å². The fraction of sp³-hybridized carbons (Fsp3) is 0.286. The summed E-state index contributed by atoms with van der Waals surface area (Å²) < 4.78 is 6.02. The minimum absolute atomic E-state index is 0.0374. The molecule has 2 aliphatic heterocycles. The first-order valence-electron chi connectivity index (χ1n) is 9.89. The van der Waals surface area contributed by atoms with Crippen LogP contribution in [-0.2, 0) is 11.2 Å². The Kier molecular flexibility index (Phi) is 5.52. The summed E-state index contributed by atoms with van der Waals surface area (Å²) in [6.07, 6.45) is 7.81. The van der Waals surface area contributed by atoms with Crippen LogP contribution in [0.15, 0.2) is 42.3 Å². The van der Waals surface area contributed by atoms with Gasteiger partial charge in [0, 0.05) is 23.5 Å². The first kappa shape index (κ1) is 20.3. The van der Waals surface area contributed by atoms with E-state index in [0.29, 0.717) is 23.3 Å². The Morgan fingerprint density at radius 1 is 1.35 bits per heavy atom. The molecule has 2 aromatic rings. The van der Waals surface area contributed by atoms with Gasteiger partial charge < -0.3 is 15.2 Å². The average Bonchev–Trinajstić information content (AvgIpc) is 3.29. The number of tetrazole rings is 1. The van der Waals surface area contributed by atoms with Gasteiger partial charge in [-0.25, -0.2) is 0 Å². The van der Waals surface area contributed by atoms with Gasteiger partial charge in [0.25, 0.3) is 5.91 Å². The van der Waals surface area contributed by atoms with Crippen molar-refractivity contribution in [1.82, 2.24) is 30.8 Å². The zero-order valence-electron chi connectivity index (χ0n) is 17.1. The quantitative estimate of drug-likeness (QED) is 0.574. The number of nitrogens with zero attached hydrogens (tertiary/aromatic N) is 4. The van der Waals surface area contributed by atoms with Crippen LogP contribution in [0.2, 0.25) is 0 Å². The molecule has 10 nitrogen and oxygen atoms in total. The third-order valence-corrected chi connectivity index (χ3v) is 5.14. The van der Waals surface area contributed by atoms with Gasteiger partial charge in [-0.15, -0.1) is 10.2 Å². The van der Waals surface area contributed by atoms with Crippen LogP contribution in [0.3, 0.4) is 0 Å². The van der Waals surface area contributed by atoms with E-state index >= 15 is 0 Å². The number of ketones is 1. The SMILES string of the molecule is CCCc1c(OCC2=CC=CN3C(=O)C(c4nn[nH]n4)=CNC23)ccc(C(C)=O)c1O. The zero-order chi connectivity index (χ0) is 22.0. The molecule has 4 rings (SSSR count). The van der Waals surface area contributed by atoms with Gasteiger partial charge >= 0.3 is 0 Å². The van der Waals surface area contributed by atoms with Crippen LogP contribution < -0.4 is 10.1 Å². The Labute approximate surface area is 178 Å². The van der Waals surface area contributed by atoms with Crippen molar-refractivity contribution in [3.63, 3.8) is 0 Å². The van der Waals surface area contributed by atoms with Gasteiger partial charge in [0.2, 0.25) is 5.82 Å². The predicted molar refractivity (Wildman–Crippen MR) is 111 cm³/mol. The molecule has 0 aliphatic carbocycles. The fourth-order valence-corrected chi connectivity index (χ4v) is 3.60. The van der Waals surface area contributed by atoms with Gasteiger partial charge in [0.1, 0.15) is 29.8 Å². The number of allylic oxidation sites excluding steroid dienone is 2. The molecule has 0 radical (unpaired) electrons. The number of amides is 1. The van der Waals surface area contributed by atoms with Crippen LogP contribution in [0.25, 0.3) is 5.57 Å². The molecular weight excluding hydrogens is 400 g/mol. The highest BCUT2D eigenvalue weighted by molar-refractivity contribution is 6.19. The van der Waals surface area contributed by atoms with E-state index in [2.05, 4.69) is 25.9 Å². The Balaban J connectivity index is 1.54. The molecule has 2 aliphatic rings.